The number of anilines is 1. The number of fused-ring (bicyclic) bond motifs is 1. The summed E-state index contributed by atoms with van der Waals surface area (Å²) in [5, 5.41) is 4.52. The van der Waals surface area contributed by atoms with Crippen molar-refractivity contribution in [3.8, 4) is 5.82 Å². The second kappa shape index (κ2) is 5.28. The number of rotatable bonds is 3. The Morgan fingerprint density at radius 3 is 2.79 bits per heavy atom. The first-order chi connectivity index (χ1) is 11.4. The summed E-state index contributed by atoms with van der Waals surface area (Å²) in [6.07, 6.45) is 5.11. The van der Waals surface area contributed by atoms with Crippen molar-refractivity contribution in [2.45, 2.75) is 46.3 Å². The molecule has 24 heavy (non-hydrogen) atoms. The van der Waals surface area contributed by atoms with Crippen LogP contribution >= 0.6 is 0 Å². The van der Waals surface area contributed by atoms with Crippen LogP contribution in [0.2, 0.25) is 0 Å². The summed E-state index contributed by atoms with van der Waals surface area (Å²) >= 11 is 0. The molecule has 1 aliphatic carbocycles. The number of nitrogens with zero attached hydrogens (tertiary/aromatic N) is 5. The number of aromatic nitrogens is 4. The molecule has 0 spiro atoms. The van der Waals surface area contributed by atoms with E-state index in [1.807, 2.05) is 30.8 Å². The Morgan fingerprint density at radius 1 is 1.29 bits per heavy atom. The van der Waals surface area contributed by atoms with E-state index in [-0.39, 0.29) is 5.41 Å². The van der Waals surface area contributed by atoms with Gasteiger partial charge in [-0.05, 0) is 26.3 Å². The summed E-state index contributed by atoms with van der Waals surface area (Å²) in [5.41, 5.74) is 2.18. The van der Waals surface area contributed by atoms with Crippen LogP contribution in [0, 0.1) is 25.2 Å². The van der Waals surface area contributed by atoms with Crippen molar-refractivity contribution in [3.05, 3.63) is 29.8 Å². The molecule has 2 fully saturated rings. The normalized spacial score (nSPS) is 27.6. The number of aryl methyl sites for hydroxylation is 2. The van der Waals surface area contributed by atoms with Gasteiger partial charge in [0.05, 0.1) is 24.2 Å². The van der Waals surface area contributed by atoms with E-state index in [1.165, 1.54) is 0 Å². The minimum atomic E-state index is 0.131. The van der Waals surface area contributed by atoms with Crippen molar-refractivity contribution in [2.24, 2.45) is 11.3 Å². The molecule has 6 nitrogen and oxygen atoms in total. The Kier molecular flexibility index (Phi) is 3.42. The van der Waals surface area contributed by atoms with Gasteiger partial charge in [0.2, 0.25) is 0 Å². The standard InChI is InChI=1S/C18H25N5O/c1-11-8-12(2)23(21-11)15-10-19-9-14(20-15)22(5)16-13-6-7-24-17(13)18(16,3)4/h8-10,13,16-17H,6-7H2,1-5H3/t13-,16+,17-/m0/s1. The van der Waals surface area contributed by atoms with E-state index < -0.39 is 0 Å². The molecule has 0 amide bonds. The van der Waals surface area contributed by atoms with Gasteiger partial charge in [-0.2, -0.15) is 5.10 Å². The SMILES string of the molecule is Cc1cc(C)n(-c2cncc(N(C)[C@@H]3[C@@H]4CCO[C@@H]4C3(C)C)n2)n1. The molecule has 3 heterocycles. The van der Waals surface area contributed by atoms with Crippen molar-refractivity contribution in [2.75, 3.05) is 18.6 Å². The van der Waals surface area contributed by atoms with Gasteiger partial charge in [-0.1, -0.05) is 13.8 Å². The van der Waals surface area contributed by atoms with Gasteiger partial charge in [0.25, 0.3) is 0 Å². The molecule has 6 heteroatoms. The number of ether oxygens (including phenoxy) is 1. The number of hydrogen-bond acceptors (Lipinski definition) is 5. The predicted molar refractivity (Wildman–Crippen MR) is 92.4 cm³/mol. The zero-order valence-electron chi connectivity index (χ0n) is 15.0. The fourth-order valence-corrected chi connectivity index (χ4v) is 4.70. The average Bonchev–Trinajstić information content (AvgIpc) is 3.12. The smallest absolute Gasteiger partial charge is 0.174 e. The second-order valence-electron chi connectivity index (χ2n) is 7.70. The number of hydrogen-bond donors (Lipinski definition) is 0. The van der Waals surface area contributed by atoms with Crippen LogP contribution in [0.25, 0.3) is 5.82 Å². The molecule has 1 aliphatic heterocycles. The van der Waals surface area contributed by atoms with Crippen LogP contribution in [-0.4, -0.2) is 45.5 Å². The quantitative estimate of drug-likeness (QED) is 0.867. The summed E-state index contributed by atoms with van der Waals surface area (Å²) in [4.78, 5) is 11.5. The van der Waals surface area contributed by atoms with Crippen molar-refractivity contribution in [1.29, 1.82) is 0 Å². The molecule has 4 rings (SSSR count). The molecule has 0 radical (unpaired) electrons. The molecular weight excluding hydrogens is 302 g/mol. The maximum absolute atomic E-state index is 5.92. The van der Waals surface area contributed by atoms with Gasteiger partial charge >= 0.3 is 0 Å². The Morgan fingerprint density at radius 2 is 2.08 bits per heavy atom. The van der Waals surface area contributed by atoms with E-state index in [0.29, 0.717) is 18.1 Å². The van der Waals surface area contributed by atoms with E-state index in [0.717, 1.165) is 36.1 Å². The summed E-state index contributed by atoms with van der Waals surface area (Å²) in [5.74, 6) is 2.24. The van der Waals surface area contributed by atoms with Crippen LogP contribution in [-0.2, 0) is 4.74 Å². The minimum absolute atomic E-state index is 0.131. The highest BCUT2D eigenvalue weighted by molar-refractivity contribution is 5.43. The van der Waals surface area contributed by atoms with Gasteiger partial charge in [-0.15, -0.1) is 0 Å². The second-order valence-corrected chi connectivity index (χ2v) is 7.70. The molecule has 2 aromatic rings. The van der Waals surface area contributed by atoms with Crippen LogP contribution in [0.5, 0.6) is 0 Å². The topological polar surface area (TPSA) is 56.1 Å². The van der Waals surface area contributed by atoms with Gasteiger partial charge in [0.15, 0.2) is 5.82 Å². The van der Waals surface area contributed by atoms with Crippen molar-refractivity contribution < 1.29 is 4.74 Å². The lowest BCUT2D eigenvalue weighted by atomic mass is 9.57. The fourth-order valence-electron chi connectivity index (χ4n) is 4.70. The molecule has 1 saturated carbocycles. The molecule has 0 N–H and O–H groups in total. The summed E-state index contributed by atoms with van der Waals surface area (Å²) in [6, 6.07) is 2.48. The summed E-state index contributed by atoms with van der Waals surface area (Å²) in [6.45, 7) is 9.48. The lowest BCUT2D eigenvalue weighted by Gasteiger charge is -2.58. The van der Waals surface area contributed by atoms with Gasteiger partial charge in [-0.25, -0.2) is 9.67 Å². The third-order valence-electron chi connectivity index (χ3n) is 5.65. The summed E-state index contributed by atoms with van der Waals surface area (Å²) in [7, 11) is 2.12. The molecular formula is C18H25N5O. The highest BCUT2D eigenvalue weighted by Gasteiger charge is 2.61. The molecule has 3 atom stereocenters. The maximum Gasteiger partial charge on any atom is 0.174 e. The van der Waals surface area contributed by atoms with Gasteiger partial charge < -0.3 is 9.64 Å². The molecule has 0 unspecified atom stereocenters. The molecule has 2 aromatic heterocycles. The lowest BCUT2D eigenvalue weighted by Crippen LogP contribution is -2.66. The predicted octanol–water partition coefficient (Wildman–Crippen LogP) is 2.53. The zero-order valence-corrected chi connectivity index (χ0v) is 15.0. The minimum Gasteiger partial charge on any atom is -0.377 e. The molecule has 2 aliphatic rings. The van der Waals surface area contributed by atoms with E-state index >= 15 is 0 Å². The van der Waals surface area contributed by atoms with Crippen molar-refractivity contribution in [1.82, 2.24) is 19.7 Å². The van der Waals surface area contributed by atoms with Crippen LogP contribution in [0.1, 0.15) is 31.7 Å². The third kappa shape index (κ3) is 2.16. The molecule has 0 bridgehead atoms. The third-order valence-corrected chi connectivity index (χ3v) is 5.65. The highest BCUT2D eigenvalue weighted by Crippen LogP contribution is 2.54. The first-order valence-corrected chi connectivity index (χ1v) is 8.59. The van der Waals surface area contributed by atoms with Crippen molar-refractivity contribution >= 4 is 5.82 Å². The molecule has 1 saturated heterocycles. The first-order valence-electron chi connectivity index (χ1n) is 8.59. The molecule has 0 aromatic carbocycles. The molecule has 128 valence electrons. The highest BCUT2D eigenvalue weighted by atomic mass is 16.5. The Balaban J connectivity index is 1.65. The van der Waals surface area contributed by atoms with Crippen LogP contribution in [0.4, 0.5) is 5.82 Å². The monoisotopic (exact) mass is 327 g/mol. The average molecular weight is 327 g/mol. The summed E-state index contributed by atoms with van der Waals surface area (Å²) < 4.78 is 7.77. The van der Waals surface area contributed by atoms with Gasteiger partial charge in [-0.3, -0.25) is 4.98 Å². The van der Waals surface area contributed by atoms with Crippen LogP contribution in [0.15, 0.2) is 18.5 Å². The van der Waals surface area contributed by atoms with Crippen LogP contribution < -0.4 is 4.90 Å². The largest absolute Gasteiger partial charge is 0.377 e. The zero-order chi connectivity index (χ0) is 17.1. The van der Waals surface area contributed by atoms with E-state index in [9.17, 15) is 0 Å². The Hall–Kier alpha value is -1.95. The van der Waals surface area contributed by atoms with E-state index in [2.05, 4.69) is 35.9 Å². The maximum atomic E-state index is 5.92. The fraction of sp³-hybridized carbons (Fsp3) is 0.611. The van der Waals surface area contributed by atoms with E-state index in [4.69, 9.17) is 9.72 Å². The van der Waals surface area contributed by atoms with Crippen LogP contribution in [0.3, 0.4) is 0 Å². The van der Waals surface area contributed by atoms with E-state index in [1.54, 1.807) is 6.20 Å². The Labute approximate surface area is 142 Å². The van der Waals surface area contributed by atoms with Gasteiger partial charge in [0, 0.05) is 36.7 Å². The first kappa shape index (κ1) is 15.6. The Bertz CT molecular complexity index is 769. The van der Waals surface area contributed by atoms with Crippen molar-refractivity contribution in [3.63, 3.8) is 0 Å². The van der Waals surface area contributed by atoms with Gasteiger partial charge in [0.1, 0.15) is 5.82 Å². The lowest BCUT2D eigenvalue weighted by molar-refractivity contribution is -0.101.